The van der Waals surface area contributed by atoms with Gasteiger partial charge in [0.15, 0.2) is 0 Å². The van der Waals surface area contributed by atoms with E-state index in [9.17, 15) is 9.59 Å². The zero-order valence-corrected chi connectivity index (χ0v) is 9.81. The molecule has 1 heterocycles. The fourth-order valence-electron chi connectivity index (χ4n) is 2.07. The predicted octanol–water partition coefficient (Wildman–Crippen LogP) is 0.184. The minimum absolute atomic E-state index is 0.153. The van der Waals surface area contributed by atoms with Gasteiger partial charge >= 0.3 is 12.0 Å². The molecule has 0 radical (unpaired) electrons. The van der Waals surface area contributed by atoms with Crippen LogP contribution in [0.2, 0.25) is 0 Å². The van der Waals surface area contributed by atoms with Crippen molar-refractivity contribution in [3.63, 3.8) is 0 Å². The maximum Gasteiger partial charge on any atom is 0.315 e. The summed E-state index contributed by atoms with van der Waals surface area (Å²) < 4.78 is 5.07. The molecule has 2 amide bonds. The standard InChI is InChI=1S/C11H18N2O4/c1-6(7-2-3-7)12-11(16)13-9-5-17-4-8(9)10(14)15/h6-9H,2-5H2,1H3,(H,14,15)(H2,12,13,16). The fraction of sp³-hybridized carbons (Fsp3) is 0.818. The molecule has 0 bridgehead atoms. The van der Waals surface area contributed by atoms with Crippen molar-refractivity contribution >= 4 is 12.0 Å². The Morgan fingerprint density at radius 2 is 2.06 bits per heavy atom. The Hall–Kier alpha value is -1.30. The van der Waals surface area contributed by atoms with E-state index in [2.05, 4.69) is 10.6 Å². The van der Waals surface area contributed by atoms with Crippen LogP contribution in [0, 0.1) is 11.8 Å². The number of ether oxygens (including phenoxy) is 1. The maximum absolute atomic E-state index is 11.6. The summed E-state index contributed by atoms with van der Waals surface area (Å²) in [7, 11) is 0. The summed E-state index contributed by atoms with van der Waals surface area (Å²) in [5.74, 6) is -0.990. The van der Waals surface area contributed by atoms with Gasteiger partial charge in [0.05, 0.1) is 19.3 Å². The molecule has 0 aromatic heterocycles. The van der Waals surface area contributed by atoms with Crippen LogP contribution in [0.25, 0.3) is 0 Å². The van der Waals surface area contributed by atoms with Crippen molar-refractivity contribution in [3.8, 4) is 0 Å². The number of carboxylic acid groups (broad SMARTS) is 1. The Labute approximate surface area is 99.7 Å². The molecule has 1 aliphatic carbocycles. The van der Waals surface area contributed by atoms with Crippen LogP contribution in [0.3, 0.4) is 0 Å². The van der Waals surface area contributed by atoms with E-state index in [0.29, 0.717) is 5.92 Å². The molecule has 0 spiro atoms. The number of carbonyl (C=O) groups is 2. The molecule has 3 unspecified atom stereocenters. The number of carbonyl (C=O) groups excluding carboxylic acids is 1. The van der Waals surface area contributed by atoms with Crippen LogP contribution in [-0.2, 0) is 9.53 Å². The first kappa shape index (κ1) is 12.2. The van der Waals surface area contributed by atoms with Gasteiger partial charge in [0, 0.05) is 6.04 Å². The molecule has 2 fully saturated rings. The number of carboxylic acids is 1. The van der Waals surface area contributed by atoms with Gasteiger partial charge in [-0.15, -0.1) is 0 Å². The summed E-state index contributed by atoms with van der Waals surface area (Å²) >= 11 is 0. The van der Waals surface area contributed by atoms with Gasteiger partial charge in [-0.05, 0) is 25.7 Å². The second-order valence-corrected chi connectivity index (χ2v) is 4.83. The molecular formula is C11H18N2O4. The van der Waals surface area contributed by atoms with Gasteiger partial charge in [-0.1, -0.05) is 0 Å². The molecule has 1 saturated heterocycles. The van der Waals surface area contributed by atoms with Crippen LogP contribution >= 0.6 is 0 Å². The first-order valence-electron chi connectivity index (χ1n) is 5.95. The van der Waals surface area contributed by atoms with Crippen LogP contribution < -0.4 is 10.6 Å². The molecule has 3 atom stereocenters. The number of rotatable bonds is 4. The number of amides is 2. The fourth-order valence-corrected chi connectivity index (χ4v) is 2.07. The quantitative estimate of drug-likeness (QED) is 0.656. The van der Waals surface area contributed by atoms with Gasteiger partial charge in [-0.2, -0.15) is 0 Å². The highest BCUT2D eigenvalue weighted by molar-refractivity contribution is 5.77. The molecule has 6 nitrogen and oxygen atoms in total. The van der Waals surface area contributed by atoms with E-state index in [-0.39, 0.29) is 25.3 Å². The van der Waals surface area contributed by atoms with Crippen molar-refractivity contribution < 1.29 is 19.4 Å². The van der Waals surface area contributed by atoms with Crippen LogP contribution in [-0.4, -0.2) is 42.4 Å². The molecule has 96 valence electrons. The second-order valence-electron chi connectivity index (χ2n) is 4.83. The molecule has 17 heavy (non-hydrogen) atoms. The topological polar surface area (TPSA) is 87.7 Å². The zero-order valence-electron chi connectivity index (χ0n) is 9.81. The maximum atomic E-state index is 11.6. The van der Waals surface area contributed by atoms with Gasteiger partial charge in [0.1, 0.15) is 5.92 Å². The normalized spacial score (nSPS) is 29.7. The summed E-state index contributed by atoms with van der Waals surface area (Å²) in [5, 5.41) is 14.4. The Morgan fingerprint density at radius 1 is 1.35 bits per heavy atom. The molecule has 3 N–H and O–H groups in total. The number of hydrogen-bond acceptors (Lipinski definition) is 3. The van der Waals surface area contributed by atoms with Crippen LogP contribution in [0.15, 0.2) is 0 Å². The van der Waals surface area contributed by atoms with E-state index in [0.717, 1.165) is 12.8 Å². The van der Waals surface area contributed by atoms with E-state index in [4.69, 9.17) is 9.84 Å². The molecular weight excluding hydrogens is 224 g/mol. The van der Waals surface area contributed by atoms with Gasteiger partial charge in [-0.3, -0.25) is 4.79 Å². The zero-order chi connectivity index (χ0) is 12.4. The second kappa shape index (κ2) is 4.91. The first-order valence-corrected chi connectivity index (χ1v) is 5.95. The monoisotopic (exact) mass is 242 g/mol. The van der Waals surface area contributed by atoms with E-state index >= 15 is 0 Å². The average molecular weight is 242 g/mol. The van der Waals surface area contributed by atoms with Gasteiger partial charge in [0.25, 0.3) is 0 Å². The predicted molar refractivity (Wildman–Crippen MR) is 59.6 cm³/mol. The minimum Gasteiger partial charge on any atom is -0.481 e. The summed E-state index contributed by atoms with van der Waals surface area (Å²) in [6.45, 7) is 2.40. The molecule has 2 rings (SSSR count). The average Bonchev–Trinajstić information content (AvgIpc) is 2.99. The molecule has 1 saturated carbocycles. The van der Waals surface area contributed by atoms with Gasteiger partial charge in [-0.25, -0.2) is 4.79 Å². The van der Waals surface area contributed by atoms with Crippen molar-refractivity contribution in [2.24, 2.45) is 11.8 Å². The Kier molecular flexibility index (Phi) is 3.51. The Bertz CT molecular complexity index is 317. The Balaban J connectivity index is 1.78. The van der Waals surface area contributed by atoms with Crippen molar-refractivity contribution in [1.29, 1.82) is 0 Å². The highest BCUT2D eigenvalue weighted by Gasteiger charge is 2.36. The molecule has 2 aliphatic rings. The van der Waals surface area contributed by atoms with Crippen molar-refractivity contribution in [2.75, 3.05) is 13.2 Å². The number of aliphatic carboxylic acids is 1. The lowest BCUT2D eigenvalue weighted by Crippen LogP contribution is -2.49. The lowest BCUT2D eigenvalue weighted by atomic mass is 10.0. The SMILES string of the molecule is CC(NC(=O)NC1COCC1C(=O)O)C1CC1. The highest BCUT2D eigenvalue weighted by Crippen LogP contribution is 2.32. The summed E-state index contributed by atoms with van der Waals surface area (Å²) in [6, 6.07) is -0.578. The molecule has 0 aromatic carbocycles. The molecule has 6 heteroatoms. The summed E-state index contributed by atoms with van der Waals surface area (Å²) in [4.78, 5) is 22.5. The van der Waals surface area contributed by atoms with Crippen LogP contribution in [0.1, 0.15) is 19.8 Å². The third-order valence-electron chi connectivity index (χ3n) is 3.40. The van der Waals surface area contributed by atoms with Crippen molar-refractivity contribution in [1.82, 2.24) is 10.6 Å². The van der Waals surface area contributed by atoms with E-state index in [1.165, 1.54) is 0 Å². The van der Waals surface area contributed by atoms with Crippen LogP contribution in [0.4, 0.5) is 4.79 Å². The van der Waals surface area contributed by atoms with Gasteiger partial charge in [0.2, 0.25) is 0 Å². The Morgan fingerprint density at radius 3 is 2.65 bits per heavy atom. The summed E-state index contributed by atoms with van der Waals surface area (Å²) in [6.07, 6.45) is 2.32. The van der Waals surface area contributed by atoms with Crippen molar-refractivity contribution in [3.05, 3.63) is 0 Å². The molecule has 1 aliphatic heterocycles. The number of urea groups is 1. The third kappa shape index (κ3) is 3.09. The number of hydrogen-bond donors (Lipinski definition) is 3. The van der Waals surface area contributed by atoms with Crippen molar-refractivity contribution in [2.45, 2.75) is 31.8 Å². The van der Waals surface area contributed by atoms with Crippen LogP contribution in [0.5, 0.6) is 0 Å². The smallest absolute Gasteiger partial charge is 0.315 e. The van der Waals surface area contributed by atoms with E-state index in [1.54, 1.807) is 0 Å². The van der Waals surface area contributed by atoms with E-state index < -0.39 is 17.9 Å². The largest absolute Gasteiger partial charge is 0.481 e. The number of nitrogens with one attached hydrogen (secondary N) is 2. The van der Waals surface area contributed by atoms with E-state index in [1.807, 2.05) is 6.92 Å². The third-order valence-corrected chi connectivity index (χ3v) is 3.40. The molecule has 0 aromatic rings. The first-order chi connectivity index (χ1) is 8.08. The lowest BCUT2D eigenvalue weighted by Gasteiger charge is -2.18. The summed E-state index contributed by atoms with van der Waals surface area (Å²) in [5.41, 5.74) is 0. The lowest BCUT2D eigenvalue weighted by molar-refractivity contribution is -0.142. The highest BCUT2D eigenvalue weighted by atomic mass is 16.5. The minimum atomic E-state index is -0.928. The van der Waals surface area contributed by atoms with Gasteiger partial charge < -0.3 is 20.5 Å².